The van der Waals surface area contributed by atoms with E-state index >= 15 is 0 Å². The Kier molecular flexibility index (Phi) is 5.15. The molecule has 1 rings (SSSR count). The van der Waals surface area contributed by atoms with Crippen molar-refractivity contribution in [3.63, 3.8) is 0 Å². The van der Waals surface area contributed by atoms with Crippen LogP contribution in [0.2, 0.25) is 0 Å². The van der Waals surface area contributed by atoms with Gasteiger partial charge in [-0.1, -0.05) is 15.9 Å². The van der Waals surface area contributed by atoms with Crippen molar-refractivity contribution in [2.24, 2.45) is 0 Å². The van der Waals surface area contributed by atoms with Crippen LogP contribution in [0.15, 0.2) is 22.7 Å². The molecule has 1 aromatic rings. The van der Waals surface area contributed by atoms with Crippen LogP contribution in [0, 0.1) is 0 Å². The van der Waals surface area contributed by atoms with E-state index in [9.17, 15) is 14.7 Å². The minimum atomic E-state index is -1.09. The summed E-state index contributed by atoms with van der Waals surface area (Å²) < 4.78 is 5.69. The zero-order chi connectivity index (χ0) is 13.7. The Labute approximate surface area is 113 Å². The maximum Gasteiger partial charge on any atom is 0.331 e. The lowest BCUT2D eigenvalue weighted by molar-refractivity contribution is -0.146. The van der Waals surface area contributed by atoms with Crippen LogP contribution in [-0.2, 0) is 9.59 Å². The van der Waals surface area contributed by atoms with Gasteiger partial charge in [0.2, 0.25) is 6.41 Å². The Bertz CT molecular complexity index is 450. The number of halogens is 1. The number of carbonyl (C=O) groups is 2. The highest BCUT2D eigenvalue weighted by molar-refractivity contribution is 9.10. The monoisotopic (exact) mass is 315 g/mol. The maximum atomic E-state index is 11.3. The fourth-order valence-corrected chi connectivity index (χ4v) is 2.09. The molecular weight excluding hydrogens is 302 g/mol. The Morgan fingerprint density at radius 2 is 2.28 bits per heavy atom. The third-order valence-corrected chi connectivity index (χ3v) is 3.29. The lowest BCUT2D eigenvalue weighted by Crippen LogP contribution is -2.33. The topological polar surface area (TPSA) is 66.8 Å². The van der Waals surface area contributed by atoms with Gasteiger partial charge in [0.25, 0.3) is 0 Å². The molecule has 1 N–H and O–H groups in total. The van der Waals surface area contributed by atoms with E-state index in [1.807, 2.05) is 0 Å². The SMILES string of the molecule is CCN(C=O)C(C(=O)O)c1cc(OC)ccc1Br. The van der Waals surface area contributed by atoms with Gasteiger partial charge in [-0.2, -0.15) is 0 Å². The first-order valence-electron chi connectivity index (χ1n) is 5.32. The third kappa shape index (κ3) is 3.01. The van der Waals surface area contributed by atoms with Gasteiger partial charge in [-0.3, -0.25) is 4.79 Å². The molecule has 0 aliphatic carbocycles. The van der Waals surface area contributed by atoms with E-state index in [4.69, 9.17) is 4.74 Å². The van der Waals surface area contributed by atoms with Crippen LogP contribution in [0.3, 0.4) is 0 Å². The highest BCUT2D eigenvalue weighted by Gasteiger charge is 2.27. The van der Waals surface area contributed by atoms with Crippen LogP contribution < -0.4 is 4.74 Å². The molecule has 1 aromatic carbocycles. The second kappa shape index (κ2) is 6.39. The van der Waals surface area contributed by atoms with Crippen LogP contribution in [0.1, 0.15) is 18.5 Å². The third-order valence-electron chi connectivity index (χ3n) is 2.56. The summed E-state index contributed by atoms with van der Waals surface area (Å²) in [5.41, 5.74) is 0.482. The van der Waals surface area contributed by atoms with E-state index in [-0.39, 0.29) is 0 Å². The van der Waals surface area contributed by atoms with Gasteiger partial charge in [-0.25, -0.2) is 4.79 Å². The summed E-state index contributed by atoms with van der Waals surface area (Å²) in [6.45, 7) is 2.03. The maximum absolute atomic E-state index is 11.3. The van der Waals surface area contributed by atoms with Gasteiger partial charge in [-0.05, 0) is 25.1 Å². The Morgan fingerprint density at radius 1 is 1.61 bits per heavy atom. The normalized spacial score (nSPS) is 11.7. The van der Waals surface area contributed by atoms with Gasteiger partial charge in [0.05, 0.1) is 7.11 Å². The molecule has 18 heavy (non-hydrogen) atoms. The smallest absolute Gasteiger partial charge is 0.331 e. The Balaban J connectivity index is 3.28. The molecule has 0 heterocycles. The number of likely N-dealkylation sites (N-methyl/N-ethyl adjacent to an activating group) is 1. The second-order valence-corrected chi connectivity index (χ2v) is 4.42. The van der Waals surface area contributed by atoms with Crippen molar-refractivity contribution < 1.29 is 19.4 Å². The minimum absolute atomic E-state index is 0.310. The average Bonchev–Trinajstić information content (AvgIpc) is 2.36. The number of hydrogen-bond donors (Lipinski definition) is 1. The number of carbonyl (C=O) groups excluding carboxylic acids is 1. The van der Waals surface area contributed by atoms with E-state index in [0.717, 1.165) is 0 Å². The molecule has 1 atom stereocenters. The van der Waals surface area contributed by atoms with Crippen LogP contribution in [0.4, 0.5) is 0 Å². The van der Waals surface area contributed by atoms with Crippen LogP contribution in [-0.4, -0.2) is 36.0 Å². The van der Waals surface area contributed by atoms with Gasteiger partial charge >= 0.3 is 5.97 Å². The van der Waals surface area contributed by atoms with Crippen LogP contribution >= 0.6 is 15.9 Å². The molecular formula is C12H14BrNO4. The largest absolute Gasteiger partial charge is 0.497 e. The zero-order valence-electron chi connectivity index (χ0n) is 10.1. The van der Waals surface area contributed by atoms with Crippen molar-refractivity contribution in [2.45, 2.75) is 13.0 Å². The summed E-state index contributed by atoms with van der Waals surface area (Å²) >= 11 is 3.29. The number of aliphatic carboxylic acids is 1. The molecule has 0 bridgehead atoms. The lowest BCUT2D eigenvalue weighted by atomic mass is 10.1. The number of ether oxygens (including phenoxy) is 1. The number of carboxylic acids is 1. The Morgan fingerprint density at radius 3 is 2.72 bits per heavy atom. The molecule has 0 aliphatic heterocycles. The molecule has 6 heteroatoms. The molecule has 0 fully saturated rings. The van der Waals surface area contributed by atoms with Crippen molar-refractivity contribution in [3.05, 3.63) is 28.2 Å². The first-order chi connectivity index (χ1) is 8.54. The van der Waals surface area contributed by atoms with Crippen molar-refractivity contribution in [1.82, 2.24) is 4.90 Å². The minimum Gasteiger partial charge on any atom is -0.497 e. The van der Waals surface area contributed by atoms with E-state index in [1.54, 1.807) is 25.1 Å². The number of rotatable bonds is 6. The second-order valence-electron chi connectivity index (χ2n) is 3.56. The molecule has 98 valence electrons. The highest BCUT2D eigenvalue weighted by Crippen LogP contribution is 2.30. The summed E-state index contributed by atoms with van der Waals surface area (Å²) in [6.07, 6.45) is 0.532. The van der Waals surface area contributed by atoms with Gasteiger partial charge < -0.3 is 14.7 Å². The summed E-state index contributed by atoms with van der Waals surface area (Å²) in [7, 11) is 1.50. The summed E-state index contributed by atoms with van der Waals surface area (Å²) in [6, 6.07) is 3.98. The predicted molar refractivity (Wildman–Crippen MR) is 69.5 cm³/mol. The average molecular weight is 316 g/mol. The summed E-state index contributed by atoms with van der Waals surface area (Å²) in [5, 5.41) is 9.29. The van der Waals surface area contributed by atoms with Gasteiger partial charge in [0, 0.05) is 16.6 Å². The number of carboxylic acid groups (broad SMARTS) is 1. The molecule has 0 saturated carbocycles. The number of benzene rings is 1. The molecule has 1 amide bonds. The zero-order valence-corrected chi connectivity index (χ0v) is 11.7. The predicted octanol–water partition coefficient (Wildman–Crippen LogP) is 2.06. The fourth-order valence-electron chi connectivity index (χ4n) is 1.63. The van der Waals surface area contributed by atoms with Gasteiger partial charge in [0.15, 0.2) is 6.04 Å². The first kappa shape index (κ1) is 14.5. The first-order valence-corrected chi connectivity index (χ1v) is 6.11. The molecule has 0 saturated heterocycles. The van der Waals surface area contributed by atoms with E-state index in [1.165, 1.54) is 12.0 Å². The number of nitrogens with zero attached hydrogens (tertiary/aromatic N) is 1. The van der Waals surface area contributed by atoms with Crippen LogP contribution in [0.5, 0.6) is 5.75 Å². The number of hydrogen-bond acceptors (Lipinski definition) is 3. The molecule has 5 nitrogen and oxygen atoms in total. The number of amides is 1. The van der Waals surface area contributed by atoms with Crippen molar-refractivity contribution in [1.29, 1.82) is 0 Å². The molecule has 0 aliphatic rings. The van der Waals surface area contributed by atoms with Crippen molar-refractivity contribution in [3.8, 4) is 5.75 Å². The number of methoxy groups -OCH3 is 1. The van der Waals surface area contributed by atoms with Gasteiger partial charge in [-0.15, -0.1) is 0 Å². The Hall–Kier alpha value is -1.56. The van der Waals surface area contributed by atoms with Gasteiger partial charge in [0.1, 0.15) is 5.75 Å². The molecule has 1 unspecified atom stereocenters. The molecule has 0 aromatic heterocycles. The van der Waals surface area contributed by atoms with Crippen molar-refractivity contribution in [2.75, 3.05) is 13.7 Å². The highest BCUT2D eigenvalue weighted by atomic mass is 79.9. The standard InChI is InChI=1S/C12H14BrNO4/c1-3-14(7-15)11(12(16)17)9-6-8(18-2)4-5-10(9)13/h4-7,11H,3H2,1-2H3,(H,16,17). The van der Waals surface area contributed by atoms with E-state index in [0.29, 0.717) is 28.7 Å². The van der Waals surface area contributed by atoms with Crippen molar-refractivity contribution >= 4 is 28.3 Å². The summed E-state index contributed by atoms with van der Waals surface area (Å²) in [4.78, 5) is 23.5. The molecule has 0 radical (unpaired) electrons. The van der Waals surface area contributed by atoms with Crippen LogP contribution in [0.25, 0.3) is 0 Å². The fraction of sp³-hybridized carbons (Fsp3) is 0.333. The summed E-state index contributed by atoms with van der Waals surface area (Å²) in [5.74, 6) is -0.542. The van der Waals surface area contributed by atoms with E-state index in [2.05, 4.69) is 15.9 Å². The quantitative estimate of drug-likeness (QED) is 0.816. The lowest BCUT2D eigenvalue weighted by Gasteiger charge is -2.25. The molecule has 0 spiro atoms. The van der Waals surface area contributed by atoms with E-state index < -0.39 is 12.0 Å².